The summed E-state index contributed by atoms with van der Waals surface area (Å²) in [5.41, 5.74) is 0. The standard InChI is InChI=1S/C17H36N2/c1-6-12-18-13-14(3)15(4)19(5)17-10-8-16(7-2)9-11-17/h14-18H,6-13H2,1-5H3. The van der Waals surface area contributed by atoms with Crippen molar-refractivity contribution in [3.63, 3.8) is 0 Å². The first-order valence-corrected chi connectivity index (χ1v) is 8.52. The van der Waals surface area contributed by atoms with Crippen LogP contribution < -0.4 is 5.32 Å². The summed E-state index contributed by atoms with van der Waals surface area (Å²) in [5, 5.41) is 3.56. The van der Waals surface area contributed by atoms with Gasteiger partial charge in [-0.15, -0.1) is 0 Å². The number of hydrogen-bond donors (Lipinski definition) is 1. The molecule has 0 amide bonds. The van der Waals surface area contributed by atoms with Gasteiger partial charge in [-0.1, -0.05) is 27.2 Å². The van der Waals surface area contributed by atoms with Crippen molar-refractivity contribution in [3.05, 3.63) is 0 Å². The molecule has 0 spiro atoms. The van der Waals surface area contributed by atoms with E-state index in [9.17, 15) is 0 Å². The molecule has 0 heterocycles. The quantitative estimate of drug-likeness (QED) is 0.671. The third-order valence-corrected chi connectivity index (χ3v) is 5.33. The van der Waals surface area contributed by atoms with Crippen molar-refractivity contribution in [3.8, 4) is 0 Å². The highest BCUT2D eigenvalue weighted by atomic mass is 15.2. The van der Waals surface area contributed by atoms with Crippen LogP contribution in [0.5, 0.6) is 0 Å². The molecule has 1 aliphatic rings. The smallest absolute Gasteiger partial charge is 0.0105 e. The Bertz CT molecular complexity index is 221. The van der Waals surface area contributed by atoms with Crippen molar-refractivity contribution >= 4 is 0 Å². The van der Waals surface area contributed by atoms with E-state index in [4.69, 9.17) is 0 Å². The normalized spacial score (nSPS) is 27.5. The molecule has 0 aromatic rings. The lowest BCUT2D eigenvalue weighted by Crippen LogP contribution is -2.45. The van der Waals surface area contributed by atoms with Crippen LogP contribution in [0.25, 0.3) is 0 Å². The van der Waals surface area contributed by atoms with Crippen molar-refractivity contribution in [2.45, 2.75) is 78.3 Å². The molecule has 2 atom stereocenters. The Hall–Kier alpha value is -0.0800. The van der Waals surface area contributed by atoms with Gasteiger partial charge < -0.3 is 10.2 Å². The predicted molar refractivity (Wildman–Crippen MR) is 85.6 cm³/mol. The van der Waals surface area contributed by atoms with Crippen LogP contribution in [0.1, 0.15) is 66.2 Å². The Kier molecular flexibility index (Phi) is 8.01. The van der Waals surface area contributed by atoms with Gasteiger partial charge in [-0.05, 0) is 71.0 Å². The molecule has 2 unspecified atom stereocenters. The van der Waals surface area contributed by atoms with Gasteiger partial charge >= 0.3 is 0 Å². The maximum Gasteiger partial charge on any atom is 0.0105 e. The zero-order valence-electron chi connectivity index (χ0n) is 13.9. The summed E-state index contributed by atoms with van der Waals surface area (Å²) >= 11 is 0. The Balaban J connectivity index is 2.33. The zero-order valence-corrected chi connectivity index (χ0v) is 13.9. The van der Waals surface area contributed by atoms with Gasteiger partial charge in [-0.3, -0.25) is 0 Å². The second-order valence-corrected chi connectivity index (χ2v) is 6.67. The van der Waals surface area contributed by atoms with Gasteiger partial charge in [0.25, 0.3) is 0 Å². The molecule has 0 radical (unpaired) electrons. The van der Waals surface area contributed by atoms with Gasteiger partial charge in [0.2, 0.25) is 0 Å². The highest BCUT2D eigenvalue weighted by molar-refractivity contribution is 4.82. The van der Waals surface area contributed by atoms with Crippen molar-refractivity contribution in [2.24, 2.45) is 11.8 Å². The van der Waals surface area contributed by atoms with Crippen LogP contribution in [-0.2, 0) is 0 Å². The van der Waals surface area contributed by atoms with Gasteiger partial charge in [0.1, 0.15) is 0 Å². The van der Waals surface area contributed by atoms with Crippen LogP contribution in [0, 0.1) is 11.8 Å². The van der Waals surface area contributed by atoms with Crippen LogP contribution in [0.4, 0.5) is 0 Å². The minimum absolute atomic E-state index is 0.688. The molecular weight excluding hydrogens is 232 g/mol. The van der Waals surface area contributed by atoms with Crippen LogP contribution >= 0.6 is 0 Å². The van der Waals surface area contributed by atoms with E-state index >= 15 is 0 Å². The van der Waals surface area contributed by atoms with Crippen molar-refractivity contribution in [1.82, 2.24) is 10.2 Å². The molecule has 114 valence electrons. The SMILES string of the molecule is CCCNCC(C)C(C)N(C)C1CCC(CC)CC1. The van der Waals surface area contributed by atoms with Gasteiger partial charge in [0, 0.05) is 12.1 Å². The molecular formula is C17H36N2. The lowest BCUT2D eigenvalue weighted by molar-refractivity contribution is 0.0989. The molecule has 0 aromatic carbocycles. The Morgan fingerprint density at radius 2 is 1.74 bits per heavy atom. The third-order valence-electron chi connectivity index (χ3n) is 5.33. The van der Waals surface area contributed by atoms with E-state index in [0.29, 0.717) is 6.04 Å². The third kappa shape index (κ3) is 5.43. The van der Waals surface area contributed by atoms with E-state index in [2.05, 4.69) is 45.0 Å². The molecule has 2 nitrogen and oxygen atoms in total. The Morgan fingerprint density at radius 1 is 1.11 bits per heavy atom. The summed E-state index contributed by atoms with van der Waals surface area (Å²) in [6.45, 7) is 11.7. The van der Waals surface area contributed by atoms with Crippen molar-refractivity contribution in [1.29, 1.82) is 0 Å². The average Bonchev–Trinajstić information content (AvgIpc) is 2.46. The van der Waals surface area contributed by atoms with Crippen LogP contribution in [0.3, 0.4) is 0 Å². The van der Waals surface area contributed by atoms with E-state index in [-0.39, 0.29) is 0 Å². The monoisotopic (exact) mass is 268 g/mol. The second kappa shape index (κ2) is 8.97. The molecule has 19 heavy (non-hydrogen) atoms. The van der Waals surface area contributed by atoms with Gasteiger partial charge in [-0.2, -0.15) is 0 Å². The van der Waals surface area contributed by atoms with E-state index < -0.39 is 0 Å². The fourth-order valence-corrected chi connectivity index (χ4v) is 3.37. The molecule has 0 saturated heterocycles. The molecule has 1 fully saturated rings. The van der Waals surface area contributed by atoms with Gasteiger partial charge in [0.05, 0.1) is 0 Å². The summed E-state index contributed by atoms with van der Waals surface area (Å²) in [6, 6.07) is 1.51. The minimum Gasteiger partial charge on any atom is -0.316 e. The van der Waals surface area contributed by atoms with E-state index in [1.807, 2.05) is 0 Å². The van der Waals surface area contributed by atoms with Crippen LogP contribution in [-0.4, -0.2) is 37.1 Å². The lowest BCUT2D eigenvalue weighted by atomic mass is 9.83. The minimum atomic E-state index is 0.688. The number of hydrogen-bond acceptors (Lipinski definition) is 2. The fourth-order valence-electron chi connectivity index (χ4n) is 3.37. The summed E-state index contributed by atoms with van der Waals surface area (Å²) < 4.78 is 0. The van der Waals surface area contributed by atoms with E-state index in [0.717, 1.165) is 31.0 Å². The van der Waals surface area contributed by atoms with Gasteiger partial charge in [0.15, 0.2) is 0 Å². The fraction of sp³-hybridized carbons (Fsp3) is 1.00. The molecule has 2 heteroatoms. The summed E-state index contributed by atoms with van der Waals surface area (Å²) in [5.74, 6) is 1.74. The van der Waals surface area contributed by atoms with Gasteiger partial charge in [-0.25, -0.2) is 0 Å². The number of rotatable bonds is 8. The van der Waals surface area contributed by atoms with E-state index in [1.54, 1.807) is 0 Å². The molecule has 0 bridgehead atoms. The first-order chi connectivity index (χ1) is 9.10. The van der Waals surface area contributed by atoms with Crippen LogP contribution in [0.2, 0.25) is 0 Å². The van der Waals surface area contributed by atoms with Crippen LogP contribution in [0.15, 0.2) is 0 Å². The Labute approximate surface area is 121 Å². The molecule has 1 N–H and O–H groups in total. The van der Waals surface area contributed by atoms with Crippen molar-refractivity contribution in [2.75, 3.05) is 20.1 Å². The number of nitrogens with zero attached hydrogens (tertiary/aromatic N) is 1. The summed E-state index contributed by atoms with van der Waals surface area (Å²) in [4.78, 5) is 2.66. The highest BCUT2D eigenvalue weighted by Gasteiger charge is 2.27. The molecule has 0 aliphatic heterocycles. The summed E-state index contributed by atoms with van der Waals surface area (Å²) in [7, 11) is 2.35. The van der Waals surface area contributed by atoms with Crippen molar-refractivity contribution < 1.29 is 0 Å². The molecule has 1 rings (SSSR count). The Morgan fingerprint density at radius 3 is 2.26 bits per heavy atom. The first-order valence-electron chi connectivity index (χ1n) is 8.52. The molecule has 0 aromatic heterocycles. The molecule has 1 saturated carbocycles. The highest BCUT2D eigenvalue weighted by Crippen LogP contribution is 2.30. The molecule has 1 aliphatic carbocycles. The zero-order chi connectivity index (χ0) is 14.3. The number of nitrogens with one attached hydrogen (secondary N) is 1. The summed E-state index contributed by atoms with van der Waals surface area (Å²) in [6.07, 6.45) is 8.32. The largest absolute Gasteiger partial charge is 0.316 e. The maximum absolute atomic E-state index is 3.56. The maximum atomic E-state index is 3.56. The predicted octanol–water partition coefficient (Wildman–Crippen LogP) is 3.91. The first kappa shape index (κ1) is 17.0. The second-order valence-electron chi connectivity index (χ2n) is 6.67. The van der Waals surface area contributed by atoms with E-state index in [1.165, 1.54) is 38.5 Å². The lowest BCUT2D eigenvalue weighted by Gasteiger charge is -2.40. The topological polar surface area (TPSA) is 15.3 Å². The average molecular weight is 268 g/mol.